The van der Waals surface area contributed by atoms with Crippen molar-refractivity contribution in [2.24, 2.45) is 0 Å². The number of rotatable bonds is 4. The van der Waals surface area contributed by atoms with Crippen LogP contribution >= 0.6 is 0 Å². The van der Waals surface area contributed by atoms with Crippen LogP contribution in [0.15, 0.2) is 61.7 Å². The van der Waals surface area contributed by atoms with E-state index in [1.807, 2.05) is 36.4 Å². The highest BCUT2D eigenvalue weighted by molar-refractivity contribution is 5.77. The third kappa shape index (κ3) is 2.67. The van der Waals surface area contributed by atoms with Gasteiger partial charge in [-0.2, -0.15) is 0 Å². The summed E-state index contributed by atoms with van der Waals surface area (Å²) in [4.78, 5) is 0. The molecule has 0 nitrogen and oxygen atoms in total. The van der Waals surface area contributed by atoms with Crippen molar-refractivity contribution in [3.05, 3.63) is 83.9 Å². The van der Waals surface area contributed by atoms with Gasteiger partial charge >= 0.3 is 0 Å². The largest absolute Gasteiger partial charge is 0.0984 e. The van der Waals surface area contributed by atoms with Gasteiger partial charge in [0.05, 0.1) is 0 Å². The van der Waals surface area contributed by atoms with Gasteiger partial charge in [-0.3, -0.25) is 0 Å². The lowest BCUT2D eigenvalue weighted by Gasteiger charge is -2.02. The Hall–Kier alpha value is -2.34. The molecule has 0 aliphatic heterocycles. The van der Waals surface area contributed by atoms with Crippen LogP contribution in [0.4, 0.5) is 0 Å². The predicted octanol–water partition coefficient (Wildman–Crippen LogP) is 5.14. The maximum atomic E-state index is 3.83. The molecule has 0 aromatic heterocycles. The molecular weight excluding hydrogens is 216 g/mol. The SMILES string of the molecule is C=Cc1ccccc1/C=C/c1ccccc1C=C. The Bertz CT molecular complexity index is 535. The van der Waals surface area contributed by atoms with Crippen LogP contribution < -0.4 is 0 Å². The monoisotopic (exact) mass is 232 g/mol. The summed E-state index contributed by atoms with van der Waals surface area (Å²) in [5, 5.41) is 0. The number of benzene rings is 2. The maximum Gasteiger partial charge on any atom is -0.0184 e. The fraction of sp³-hybridized carbons (Fsp3) is 0. The van der Waals surface area contributed by atoms with Crippen molar-refractivity contribution in [2.45, 2.75) is 0 Å². The first kappa shape index (κ1) is 12.1. The van der Waals surface area contributed by atoms with Crippen molar-refractivity contribution >= 4 is 24.3 Å². The van der Waals surface area contributed by atoms with Gasteiger partial charge < -0.3 is 0 Å². The Kier molecular flexibility index (Phi) is 3.93. The molecule has 0 saturated carbocycles. The molecule has 0 heteroatoms. The van der Waals surface area contributed by atoms with E-state index in [2.05, 4.69) is 49.6 Å². The first-order valence-corrected chi connectivity index (χ1v) is 5.96. The molecule has 2 aromatic carbocycles. The summed E-state index contributed by atoms with van der Waals surface area (Å²) in [5.74, 6) is 0. The molecule has 0 spiro atoms. The fourth-order valence-electron chi connectivity index (χ4n) is 1.88. The van der Waals surface area contributed by atoms with Gasteiger partial charge in [0, 0.05) is 0 Å². The summed E-state index contributed by atoms with van der Waals surface area (Å²) < 4.78 is 0. The van der Waals surface area contributed by atoms with Gasteiger partial charge in [-0.25, -0.2) is 0 Å². The summed E-state index contributed by atoms with van der Waals surface area (Å²) in [6.07, 6.45) is 7.97. The van der Waals surface area contributed by atoms with Crippen LogP contribution in [0.25, 0.3) is 24.3 Å². The summed E-state index contributed by atoms with van der Waals surface area (Å²) in [5.41, 5.74) is 4.63. The molecule has 0 radical (unpaired) electrons. The molecule has 18 heavy (non-hydrogen) atoms. The van der Waals surface area contributed by atoms with E-state index in [1.54, 1.807) is 0 Å². The van der Waals surface area contributed by atoms with Crippen molar-refractivity contribution in [3.63, 3.8) is 0 Å². The molecule has 0 unspecified atom stereocenters. The second-order valence-electron chi connectivity index (χ2n) is 4.00. The van der Waals surface area contributed by atoms with Crippen molar-refractivity contribution in [2.75, 3.05) is 0 Å². The topological polar surface area (TPSA) is 0 Å². The predicted molar refractivity (Wildman–Crippen MR) is 82.0 cm³/mol. The van der Waals surface area contributed by atoms with Crippen LogP contribution in [0.5, 0.6) is 0 Å². The van der Waals surface area contributed by atoms with Crippen LogP contribution in [0.2, 0.25) is 0 Å². The molecule has 0 heterocycles. The molecule has 0 atom stereocenters. The van der Waals surface area contributed by atoms with Crippen molar-refractivity contribution < 1.29 is 0 Å². The quantitative estimate of drug-likeness (QED) is 0.640. The molecule has 0 aliphatic rings. The van der Waals surface area contributed by atoms with E-state index in [0.717, 1.165) is 11.1 Å². The van der Waals surface area contributed by atoms with Crippen molar-refractivity contribution in [1.82, 2.24) is 0 Å². The van der Waals surface area contributed by atoms with Crippen molar-refractivity contribution in [3.8, 4) is 0 Å². The van der Waals surface area contributed by atoms with Crippen LogP contribution in [0.3, 0.4) is 0 Å². The fourth-order valence-corrected chi connectivity index (χ4v) is 1.88. The Balaban J connectivity index is 2.35. The molecule has 0 saturated heterocycles. The highest BCUT2D eigenvalue weighted by atomic mass is 14.0. The first-order valence-electron chi connectivity index (χ1n) is 5.96. The van der Waals surface area contributed by atoms with Gasteiger partial charge in [0.2, 0.25) is 0 Å². The summed E-state index contributed by atoms with van der Waals surface area (Å²) >= 11 is 0. The van der Waals surface area contributed by atoms with E-state index in [4.69, 9.17) is 0 Å². The van der Waals surface area contributed by atoms with E-state index in [1.165, 1.54) is 11.1 Å². The molecular formula is C18H16. The molecule has 0 amide bonds. The Morgan fingerprint density at radius 1 is 0.556 bits per heavy atom. The van der Waals surface area contributed by atoms with Crippen LogP contribution in [-0.2, 0) is 0 Å². The van der Waals surface area contributed by atoms with Crippen LogP contribution in [0.1, 0.15) is 22.3 Å². The second-order valence-corrected chi connectivity index (χ2v) is 4.00. The highest BCUT2D eigenvalue weighted by Crippen LogP contribution is 2.17. The van der Waals surface area contributed by atoms with Gasteiger partial charge in [0.1, 0.15) is 0 Å². The lowest BCUT2D eigenvalue weighted by Crippen LogP contribution is -1.81. The molecule has 2 rings (SSSR count). The van der Waals surface area contributed by atoms with Gasteiger partial charge in [-0.05, 0) is 22.3 Å². The molecule has 0 bridgehead atoms. The zero-order chi connectivity index (χ0) is 12.8. The summed E-state index contributed by atoms with van der Waals surface area (Å²) in [7, 11) is 0. The van der Waals surface area contributed by atoms with Gasteiger partial charge in [-0.1, -0.05) is 86.0 Å². The minimum atomic E-state index is 1.14. The van der Waals surface area contributed by atoms with Crippen molar-refractivity contribution in [1.29, 1.82) is 0 Å². The zero-order valence-electron chi connectivity index (χ0n) is 10.3. The summed E-state index contributed by atoms with van der Waals surface area (Å²) in [6, 6.07) is 16.4. The molecule has 0 fully saturated rings. The van der Waals surface area contributed by atoms with Gasteiger partial charge in [-0.15, -0.1) is 0 Å². The third-order valence-electron chi connectivity index (χ3n) is 2.87. The Labute approximate surface area is 109 Å². The highest BCUT2D eigenvalue weighted by Gasteiger charge is 1.95. The number of hydrogen-bond donors (Lipinski definition) is 0. The van der Waals surface area contributed by atoms with E-state index < -0.39 is 0 Å². The summed E-state index contributed by atoms with van der Waals surface area (Å²) in [6.45, 7) is 7.66. The van der Waals surface area contributed by atoms with E-state index in [-0.39, 0.29) is 0 Å². The number of hydrogen-bond acceptors (Lipinski definition) is 0. The smallest absolute Gasteiger partial charge is 0.0184 e. The van der Waals surface area contributed by atoms with E-state index >= 15 is 0 Å². The first-order chi connectivity index (χ1) is 8.85. The van der Waals surface area contributed by atoms with E-state index in [0.29, 0.717) is 0 Å². The van der Waals surface area contributed by atoms with Gasteiger partial charge in [0.15, 0.2) is 0 Å². The van der Waals surface area contributed by atoms with Crippen LogP contribution in [-0.4, -0.2) is 0 Å². The minimum Gasteiger partial charge on any atom is -0.0984 e. The van der Waals surface area contributed by atoms with E-state index in [9.17, 15) is 0 Å². The third-order valence-corrected chi connectivity index (χ3v) is 2.87. The van der Waals surface area contributed by atoms with Gasteiger partial charge in [0.25, 0.3) is 0 Å². The Morgan fingerprint density at radius 2 is 0.889 bits per heavy atom. The maximum absolute atomic E-state index is 3.83. The zero-order valence-corrected chi connectivity index (χ0v) is 10.3. The minimum absolute atomic E-state index is 1.14. The Morgan fingerprint density at radius 3 is 1.22 bits per heavy atom. The molecule has 88 valence electrons. The molecule has 2 aromatic rings. The standard InChI is InChI=1S/C18H16/c1-3-15-9-5-7-11-17(15)13-14-18-12-8-6-10-16(18)4-2/h3-14H,1-2H2/b14-13+. The average molecular weight is 232 g/mol. The lowest BCUT2D eigenvalue weighted by atomic mass is 10.0. The molecule has 0 aliphatic carbocycles. The van der Waals surface area contributed by atoms with Crippen LogP contribution in [0, 0.1) is 0 Å². The second kappa shape index (κ2) is 5.83. The molecule has 0 N–H and O–H groups in total. The normalized spacial score (nSPS) is 10.4. The lowest BCUT2D eigenvalue weighted by molar-refractivity contribution is 1.60. The average Bonchev–Trinajstić information content (AvgIpc) is 2.45.